The summed E-state index contributed by atoms with van der Waals surface area (Å²) in [6.45, 7) is 0. The van der Waals surface area contributed by atoms with Crippen molar-refractivity contribution >= 4 is 21.8 Å². The molecule has 0 aliphatic rings. The first-order valence-electron chi connectivity index (χ1n) is 10.6. The zero-order valence-electron chi connectivity index (χ0n) is 17.1. The van der Waals surface area contributed by atoms with Crippen LogP contribution in [0.1, 0.15) is 0 Å². The lowest BCUT2D eigenvalue weighted by molar-refractivity contribution is 1.18. The SMILES string of the molecule is c1ccc(-c2ccc(-n3c4ccccc4c4ccc(-c5ccccc5)cc43)cc2)cc1. The van der Waals surface area contributed by atoms with E-state index in [4.69, 9.17) is 0 Å². The predicted molar refractivity (Wildman–Crippen MR) is 132 cm³/mol. The van der Waals surface area contributed by atoms with Crippen LogP contribution < -0.4 is 0 Å². The average Bonchev–Trinajstić information content (AvgIpc) is 3.19. The van der Waals surface area contributed by atoms with Crippen molar-refractivity contribution in [3.8, 4) is 27.9 Å². The Morgan fingerprint density at radius 3 is 1.58 bits per heavy atom. The van der Waals surface area contributed by atoms with Gasteiger partial charge in [-0.25, -0.2) is 0 Å². The first-order valence-corrected chi connectivity index (χ1v) is 10.6. The molecule has 0 saturated carbocycles. The molecule has 6 aromatic rings. The molecule has 1 heteroatoms. The maximum absolute atomic E-state index is 2.38. The van der Waals surface area contributed by atoms with Crippen LogP contribution in [0.3, 0.4) is 0 Å². The van der Waals surface area contributed by atoms with Crippen molar-refractivity contribution in [3.63, 3.8) is 0 Å². The summed E-state index contributed by atoms with van der Waals surface area (Å²) in [6, 6.07) is 45.5. The van der Waals surface area contributed by atoms with Crippen LogP contribution in [0.15, 0.2) is 127 Å². The smallest absolute Gasteiger partial charge is 0.0547 e. The third kappa shape index (κ3) is 3.03. The maximum Gasteiger partial charge on any atom is 0.0547 e. The van der Waals surface area contributed by atoms with E-state index in [0.717, 1.165) is 0 Å². The summed E-state index contributed by atoms with van der Waals surface area (Å²) < 4.78 is 2.38. The lowest BCUT2D eigenvalue weighted by atomic mass is 10.0. The molecule has 1 aromatic heterocycles. The molecule has 1 heterocycles. The largest absolute Gasteiger partial charge is 0.309 e. The van der Waals surface area contributed by atoms with Crippen molar-refractivity contribution in [1.29, 1.82) is 0 Å². The Labute approximate surface area is 181 Å². The molecule has 5 aromatic carbocycles. The third-order valence-corrected chi connectivity index (χ3v) is 6.01. The van der Waals surface area contributed by atoms with E-state index in [0.29, 0.717) is 0 Å². The second-order valence-corrected chi connectivity index (χ2v) is 7.86. The molecule has 0 spiro atoms. The zero-order chi connectivity index (χ0) is 20.6. The quantitative estimate of drug-likeness (QED) is 0.285. The van der Waals surface area contributed by atoms with Crippen LogP contribution in [0.5, 0.6) is 0 Å². The third-order valence-electron chi connectivity index (χ3n) is 6.01. The van der Waals surface area contributed by atoms with Gasteiger partial charge in [-0.3, -0.25) is 0 Å². The highest BCUT2D eigenvalue weighted by Crippen LogP contribution is 2.35. The molecule has 6 rings (SSSR count). The molecular weight excluding hydrogens is 374 g/mol. The van der Waals surface area contributed by atoms with Crippen molar-refractivity contribution < 1.29 is 0 Å². The molecule has 0 aliphatic carbocycles. The lowest BCUT2D eigenvalue weighted by Crippen LogP contribution is -1.94. The highest BCUT2D eigenvalue weighted by molar-refractivity contribution is 6.10. The minimum Gasteiger partial charge on any atom is -0.309 e. The Morgan fingerprint density at radius 2 is 0.871 bits per heavy atom. The molecule has 0 radical (unpaired) electrons. The molecule has 0 bridgehead atoms. The van der Waals surface area contributed by atoms with E-state index in [2.05, 4.69) is 132 Å². The fourth-order valence-corrected chi connectivity index (χ4v) is 4.49. The Balaban J connectivity index is 1.57. The molecule has 0 atom stereocenters. The van der Waals surface area contributed by atoms with Gasteiger partial charge in [0.1, 0.15) is 0 Å². The molecule has 1 nitrogen and oxygen atoms in total. The number of benzene rings is 5. The molecule has 146 valence electrons. The van der Waals surface area contributed by atoms with E-state index in [1.807, 2.05) is 0 Å². The fourth-order valence-electron chi connectivity index (χ4n) is 4.49. The van der Waals surface area contributed by atoms with E-state index in [-0.39, 0.29) is 0 Å². The van der Waals surface area contributed by atoms with Gasteiger partial charge in [0.05, 0.1) is 11.0 Å². The Hall–Kier alpha value is -4.10. The van der Waals surface area contributed by atoms with Crippen LogP contribution >= 0.6 is 0 Å². The van der Waals surface area contributed by atoms with Gasteiger partial charge in [-0.1, -0.05) is 103 Å². The van der Waals surface area contributed by atoms with Gasteiger partial charge in [0.15, 0.2) is 0 Å². The van der Waals surface area contributed by atoms with Crippen molar-refractivity contribution in [2.24, 2.45) is 0 Å². The van der Waals surface area contributed by atoms with Gasteiger partial charge in [0, 0.05) is 16.5 Å². The van der Waals surface area contributed by atoms with Gasteiger partial charge < -0.3 is 4.57 Å². The molecule has 0 unspecified atom stereocenters. The molecule has 0 N–H and O–H groups in total. The van der Waals surface area contributed by atoms with Crippen molar-refractivity contribution in [3.05, 3.63) is 127 Å². The predicted octanol–water partition coefficient (Wildman–Crippen LogP) is 8.12. The van der Waals surface area contributed by atoms with Crippen LogP contribution in [0.25, 0.3) is 49.7 Å². The number of aromatic nitrogens is 1. The fraction of sp³-hybridized carbons (Fsp3) is 0. The number of para-hydroxylation sites is 1. The Kier molecular flexibility index (Phi) is 4.18. The van der Waals surface area contributed by atoms with E-state index in [9.17, 15) is 0 Å². The molecule has 31 heavy (non-hydrogen) atoms. The van der Waals surface area contributed by atoms with Crippen molar-refractivity contribution in [2.45, 2.75) is 0 Å². The summed E-state index contributed by atoms with van der Waals surface area (Å²) in [6.07, 6.45) is 0. The standard InChI is InChI=1S/C30H21N/c1-3-9-22(10-4-1)24-15-18-26(19-16-24)31-29-14-8-7-13-27(29)28-20-17-25(21-30(28)31)23-11-5-2-6-12-23/h1-21H. The van der Waals surface area contributed by atoms with Gasteiger partial charge in [-0.15, -0.1) is 0 Å². The van der Waals surface area contributed by atoms with E-state index >= 15 is 0 Å². The average molecular weight is 396 g/mol. The van der Waals surface area contributed by atoms with Crippen molar-refractivity contribution in [1.82, 2.24) is 4.57 Å². The van der Waals surface area contributed by atoms with Crippen molar-refractivity contribution in [2.75, 3.05) is 0 Å². The summed E-state index contributed by atoms with van der Waals surface area (Å²) >= 11 is 0. The minimum absolute atomic E-state index is 1.18. The molecule has 0 aliphatic heterocycles. The Bertz CT molecular complexity index is 1490. The summed E-state index contributed by atoms with van der Waals surface area (Å²) in [4.78, 5) is 0. The first-order chi connectivity index (χ1) is 15.4. The highest BCUT2D eigenvalue weighted by atomic mass is 15.0. The highest BCUT2D eigenvalue weighted by Gasteiger charge is 2.13. The number of nitrogens with zero attached hydrogens (tertiary/aromatic N) is 1. The topological polar surface area (TPSA) is 4.93 Å². The van der Waals surface area contributed by atoms with Gasteiger partial charge in [0.25, 0.3) is 0 Å². The second kappa shape index (κ2) is 7.30. The molecule has 0 fully saturated rings. The maximum atomic E-state index is 2.38. The normalized spacial score (nSPS) is 11.2. The van der Waals surface area contributed by atoms with E-state index < -0.39 is 0 Å². The summed E-state index contributed by atoms with van der Waals surface area (Å²) in [5.41, 5.74) is 8.58. The lowest BCUT2D eigenvalue weighted by Gasteiger charge is -2.10. The van der Waals surface area contributed by atoms with Gasteiger partial charge in [-0.05, 0) is 46.5 Å². The van der Waals surface area contributed by atoms with Gasteiger partial charge >= 0.3 is 0 Å². The first kappa shape index (κ1) is 17.7. The van der Waals surface area contributed by atoms with Gasteiger partial charge in [-0.2, -0.15) is 0 Å². The molecule has 0 saturated heterocycles. The number of rotatable bonds is 3. The van der Waals surface area contributed by atoms with Crippen LogP contribution in [0, 0.1) is 0 Å². The minimum atomic E-state index is 1.18. The molecular formula is C30H21N. The Morgan fingerprint density at radius 1 is 0.355 bits per heavy atom. The van der Waals surface area contributed by atoms with Crippen LogP contribution in [0.2, 0.25) is 0 Å². The monoisotopic (exact) mass is 395 g/mol. The van der Waals surface area contributed by atoms with Crippen LogP contribution in [-0.2, 0) is 0 Å². The van der Waals surface area contributed by atoms with Crippen LogP contribution in [-0.4, -0.2) is 4.57 Å². The van der Waals surface area contributed by atoms with Crippen LogP contribution in [0.4, 0.5) is 0 Å². The summed E-state index contributed by atoms with van der Waals surface area (Å²) in [7, 11) is 0. The summed E-state index contributed by atoms with van der Waals surface area (Å²) in [5, 5.41) is 2.56. The summed E-state index contributed by atoms with van der Waals surface area (Å²) in [5.74, 6) is 0. The van der Waals surface area contributed by atoms with E-state index in [1.165, 1.54) is 49.7 Å². The second-order valence-electron chi connectivity index (χ2n) is 7.86. The zero-order valence-corrected chi connectivity index (χ0v) is 17.1. The number of fused-ring (bicyclic) bond motifs is 3. The van der Waals surface area contributed by atoms with E-state index in [1.54, 1.807) is 0 Å². The number of hydrogen-bond donors (Lipinski definition) is 0. The molecule has 0 amide bonds. The van der Waals surface area contributed by atoms with Gasteiger partial charge in [0.2, 0.25) is 0 Å². The number of hydrogen-bond acceptors (Lipinski definition) is 0.